The Bertz CT molecular complexity index is 340. The minimum Gasteiger partial charge on any atom is -0.329 e. The molecule has 0 radical (unpaired) electrons. The molecule has 3 aliphatic heterocycles. The van der Waals surface area contributed by atoms with Crippen LogP contribution in [0, 0.1) is 5.41 Å². The standard InChI is InChI=1S/C13H21NOS2/c1-12(2)9-13(5-7-17-12)4-3-6-14-10(15)8-16-11(13)14/h11H,3-9H2,1-2H3/t11-,13-/m0/s1. The first-order chi connectivity index (χ1) is 8.03. The summed E-state index contributed by atoms with van der Waals surface area (Å²) in [5, 5.41) is 0.490. The Balaban J connectivity index is 1.88. The molecule has 3 rings (SSSR count). The van der Waals surface area contributed by atoms with Crippen LogP contribution in [0.4, 0.5) is 0 Å². The number of carbonyl (C=O) groups excluding carboxylic acids is 1. The Hall–Kier alpha value is 0.170. The number of piperidine rings is 1. The number of fused-ring (bicyclic) bond motifs is 2. The van der Waals surface area contributed by atoms with Crippen molar-refractivity contribution >= 4 is 29.4 Å². The highest BCUT2D eigenvalue weighted by Crippen LogP contribution is 2.56. The molecule has 3 fully saturated rings. The van der Waals surface area contributed by atoms with Crippen molar-refractivity contribution in [1.29, 1.82) is 0 Å². The minimum atomic E-state index is 0.384. The van der Waals surface area contributed by atoms with E-state index < -0.39 is 0 Å². The van der Waals surface area contributed by atoms with E-state index >= 15 is 0 Å². The summed E-state index contributed by atoms with van der Waals surface area (Å²) in [6.07, 6.45) is 5.14. The van der Waals surface area contributed by atoms with E-state index in [1.807, 2.05) is 11.8 Å². The van der Waals surface area contributed by atoms with E-state index in [0.29, 0.717) is 21.4 Å². The number of rotatable bonds is 0. The minimum absolute atomic E-state index is 0.384. The molecular formula is C13H21NOS2. The summed E-state index contributed by atoms with van der Waals surface area (Å²) in [4.78, 5) is 14.1. The third-order valence-corrected chi connectivity index (χ3v) is 7.25. The average molecular weight is 271 g/mol. The number of amides is 1. The van der Waals surface area contributed by atoms with Gasteiger partial charge in [0, 0.05) is 16.7 Å². The van der Waals surface area contributed by atoms with Crippen molar-refractivity contribution in [3.63, 3.8) is 0 Å². The lowest BCUT2D eigenvalue weighted by molar-refractivity contribution is -0.132. The number of hydrogen-bond donors (Lipinski definition) is 0. The summed E-state index contributed by atoms with van der Waals surface area (Å²) in [7, 11) is 0. The van der Waals surface area contributed by atoms with Gasteiger partial charge in [-0.2, -0.15) is 11.8 Å². The molecule has 4 heteroatoms. The SMILES string of the molecule is CC1(C)C[C@]2(CCCN3C(=O)CS[C@H]32)CCS1. The van der Waals surface area contributed by atoms with Crippen LogP contribution in [0.1, 0.15) is 39.5 Å². The fourth-order valence-corrected chi connectivity index (χ4v) is 6.86. The van der Waals surface area contributed by atoms with E-state index in [0.717, 1.165) is 12.3 Å². The first-order valence-corrected chi connectivity index (χ1v) is 8.61. The second kappa shape index (κ2) is 4.09. The third kappa shape index (κ3) is 2.01. The summed E-state index contributed by atoms with van der Waals surface area (Å²) >= 11 is 4.02. The first kappa shape index (κ1) is 12.2. The van der Waals surface area contributed by atoms with Gasteiger partial charge in [0.05, 0.1) is 11.1 Å². The summed E-state index contributed by atoms with van der Waals surface area (Å²) in [6, 6.07) is 0. The zero-order valence-electron chi connectivity index (χ0n) is 10.7. The smallest absolute Gasteiger partial charge is 0.233 e. The Labute approximate surface area is 112 Å². The molecule has 0 aliphatic carbocycles. The number of carbonyl (C=O) groups is 1. The van der Waals surface area contributed by atoms with Crippen molar-refractivity contribution in [2.75, 3.05) is 18.1 Å². The van der Waals surface area contributed by atoms with E-state index in [4.69, 9.17) is 0 Å². The molecule has 2 atom stereocenters. The van der Waals surface area contributed by atoms with Crippen molar-refractivity contribution in [1.82, 2.24) is 4.90 Å². The Morgan fingerprint density at radius 3 is 2.94 bits per heavy atom. The van der Waals surface area contributed by atoms with E-state index in [-0.39, 0.29) is 0 Å². The fraction of sp³-hybridized carbons (Fsp3) is 0.923. The molecule has 0 N–H and O–H groups in total. The predicted molar refractivity (Wildman–Crippen MR) is 75.4 cm³/mol. The maximum Gasteiger partial charge on any atom is 0.233 e. The van der Waals surface area contributed by atoms with Crippen LogP contribution in [0.15, 0.2) is 0 Å². The highest BCUT2D eigenvalue weighted by Gasteiger charge is 2.53. The van der Waals surface area contributed by atoms with Crippen molar-refractivity contribution < 1.29 is 4.79 Å². The van der Waals surface area contributed by atoms with Gasteiger partial charge in [0.2, 0.25) is 5.91 Å². The van der Waals surface area contributed by atoms with Crippen LogP contribution in [0.5, 0.6) is 0 Å². The largest absolute Gasteiger partial charge is 0.329 e. The predicted octanol–water partition coefficient (Wildman–Crippen LogP) is 2.97. The van der Waals surface area contributed by atoms with Gasteiger partial charge >= 0.3 is 0 Å². The lowest BCUT2D eigenvalue weighted by atomic mass is 9.71. The normalized spacial score (nSPS) is 40.7. The highest BCUT2D eigenvalue weighted by atomic mass is 32.2. The number of thioether (sulfide) groups is 2. The fourth-order valence-electron chi connectivity index (χ4n) is 3.87. The van der Waals surface area contributed by atoms with E-state index in [2.05, 4.69) is 30.5 Å². The van der Waals surface area contributed by atoms with Crippen LogP contribution >= 0.6 is 23.5 Å². The van der Waals surface area contributed by atoms with Crippen molar-refractivity contribution in [3.05, 3.63) is 0 Å². The monoisotopic (exact) mass is 271 g/mol. The molecular weight excluding hydrogens is 250 g/mol. The quantitative estimate of drug-likeness (QED) is 0.675. The number of nitrogens with zero attached hydrogens (tertiary/aromatic N) is 1. The van der Waals surface area contributed by atoms with Crippen LogP contribution in [0.2, 0.25) is 0 Å². The molecule has 3 heterocycles. The first-order valence-electron chi connectivity index (χ1n) is 6.58. The summed E-state index contributed by atoms with van der Waals surface area (Å²) in [5.74, 6) is 2.38. The van der Waals surface area contributed by atoms with Gasteiger partial charge in [0.15, 0.2) is 0 Å². The summed E-state index contributed by atoms with van der Waals surface area (Å²) in [5.41, 5.74) is 0.420. The highest BCUT2D eigenvalue weighted by molar-refractivity contribution is 8.01. The van der Waals surface area contributed by atoms with Gasteiger partial charge in [-0.1, -0.05) is 13.8 Å². The van der Waals surface area contributed by atoms with Gasteiger partial charge in [-0.15, -0.1) is 11.8 Å². The van der Waals surface area contributed by atoms with Crippen LogP contribution in [0.25, 0.3) is 0 Å². The lowest BCUT2D eigenvalue weighted by Gasteiger charge is -2.52. The molecule has 1 amide bonds. The van der Waals surface area contributed by atoms with E-state index in [1.165, 1.54) is 31.4 Å². The topological polar surface area (TPSA) is 20.3 Å². The lowest BCUT2D eigenvalue weighted by Crippen LogP contribution is -2.53. The molecule has 0 aromatic carbocycles. The molecule has 2 nitrogen and oxygen atoms in total. The third-order valence-electron chi connectivity index (χ3n) is 4.44. The zero-order chi connectivity index (χ0) is 12.1. The Kier molecular flexibility index (Phi) is 2.94. The molecule has 0 aromatic rings. The molecule has 17 heavy (non-hydrogen) atoms. The van der Waals surface area contributed by atoms with Gasteiger partial charge in [-0.3, -0.25) is 4.79 Å². The van der Waals surface area contributed by atoms with Gasteiger partial charge in [0.25, 0.3) is 0 Å². The maximum absolute atomic E-state index is 11.9. The second-order valence-corrected chi connectivity index (χ2v) is 9.12. The maximum atomic E-state index is 11.9. The van der Waals surface area contributed by atoms with Crippen LogP contribution < -0.4 is 0 Å². The molecule has 1 spiro atoms. The van der Waals surface area contributed by atoms with Crippen LogP contribution in [-0.4, -0.2) is 39.0 Å². The summed E-state index contributed by atoms with van der Waals surface area (Å²) in [6.45, 7) is 5.75. The van der Waals surface area contributed by atoms with Crippen molar-refractivity contribution in [3.8, 4) is 0 Å². The molecule has 0 saturated carbocycles. The zero-order valence-corrected chi connectivity index (χ0v) is 12.3. The molecule has 96 valence electrons. The van der Waals surface area contributed by atoms with Crippen LogP contribution in [0.3, 0.4) is 0 Å². The van der Waals surface area contributed by atoms with E-state index in [1.54, 1.807) is 0 Å². The Morgan fingerprint density at radius 2 is 2.18 bits per heavy atom. The molecule has 3 aliphatic rings. The molecule has 0 unspecified atom stereocenters. The van der Waals surface area contributed by atoms with Gasteiger partial charge in [-0.25, -0.2) is 0 Å². The second-order valence-electron chi connectivity index (χ2n) is 6.25. The number of hydrogen-bond acceptors (Lipinski definition) is 3. The molecule has 0 bridgehead atoms. The van der Waals surface area contributed by atoms with Crippen molar-refractivity contribution in [2.45, 2.75) is 49.7 Å². The van der Waals surface area contributed by atoms with Gasteiger partial charge < -0.3 is 4.90 Å². The molecule has 0 aromatic heterocycles. The Morgan fingerprint density at radius 1 is 1.35 bits per heavy atom. The molecule has 3 saturated heterocycles. The van der Waals surface area contributed by atoms with Crippen LogP contribution in [-0.2, 0) is 4.79 Å². The van der Waals surface area contributed by atoms with Gasteiger partial charge in [-0.05, 0) is 31.4 Å². The van der Waals surface area contributed by atoms with Gasteiger partial charge in [0.1, 0.15) is 0 Å². The summed E-state index contributed by atoms with van der Waals surface area (Å²) < 4.78 is 0.396. The average Bonchev–Trinajstić information content (AvgIpc) is 2.61. The van der Waals surface area contributed by atoms with E-state index in [9.17, 15) is 4.79 Å². The van der Waals surface area contributed by atoms with Crippen molar-refractivity contribution in [2.24, 2.45) is 5.41 Å².